The molecule has 122 valence electrons. The summed E-state index contributed by atoms with van der Waals surface area (Å²) in [5.41, 5.74) is 4.32. The lowest BCUT2D eigenvalue weighted by atomic mass is 9.96. The molecule has 1 aromatic heterocycles. The molecule has 0 saturated heterocycles. The number of carbonyl (C=O) groups is 1. The molecule has 3 aromatic rings. The average Bonchev–Trinajstić information content (AvgIpc) is 2.55. The van der Waals surface area contributed by atoms with Crippen LogP contribution in [-0.4, -0.2) is 22.8 Å². The lowest BCUT2D eigenvalue weighted by Crippen LogP contribution is -2.32. The van der Waals surface area contributed by atoms with Crippen LogP contribution in [0.15, 0.2) is 47.3 Å². The van der Waals surface area contributed by atoms with E-state index < -0.39 is 11.5 Å². The van der Waals surface area contributed by atoms with Crippen LogP contribution in [0.1, 0.15) is 16.1 Å². The number of fused-ring (bicyclic) bond motifs is 1. The highest BCUT2D eigenvalue weighted by molar-refractivity contribution is 6.31. The van der Waals surface area contributed by atoms with E-state index in [0.29, 0.717) is 26.9 Å². The first-order valence-electron chi connectivity index (χ1n) is 7.30. The Hall–Kier alpha value is -2.79. The summed E-state index contributed by atoms with van der Waals surface area (Å²) < 4.78 is 1.05. The number of hydrogen-bond acceptors (Lipinski definition) is 3. The van der Waals surface area contributed by atoms with E-state index >= 15 is 0 Å². The second kappa shape index (κ2) is 6.02. The van der Waals surface area contributed by atoms with E-state index in [-0.39, 0.29) is 5.69 Å². The number of aromatic nitrogens is 1. The molecular formula is C18H15ClN2O3. The van der Waals surface area contributed by atoms with Crippen LogP contribution in [0.3, 0.4) is 0 Å². The molecule has 6 heteroatoms. The Labute approximate surface area is 143 Å². The van der Waals surface area contributed by atoms with Gasteiger partial charge in [-0.05, 0) is 36.1 Å². The summed E-state index contributed by atoms with van der Waals surface area (Å²) in [7, 11) is 1.51. The summed E-state index contributed by atoms with van der Waals surface area (Å²) in [5.74, 6) is -1.20. The maximum atomic E-state index is 12.6. The van der Waals surface area contributed by atoms with Crippen molar-refractivity contribution in [2.75, 3.05) is 12.5 Å². The number of nitrogens with one attached hydrogen (secondary N) is 1. The number of aromatic carboxylic acids is 1. The van der Waals surface area contributed by atoms with Gasteiger partial charge in [0.15, 0.2) is 5.69 Å². The molecule has 2 N–H and O–H groups in total. The third-order valence-corrected chi connectivity index (χ3v) is 4.15. The first-order valence-corrected chi connectivity index (χ1v) is 7.68. The van der Waals surface area contributed by atoms with Crippen LogP contribution < -0.4 is 11.0 Å². The Bertz CT molecular complexity index is 1010. The summed E-state index contributed by atoms with van der Waals surface area (Å²) in [6.45, 7) is 1.95. The summed E-state index contributed by atoms with van der Waals surface area (Å²) in [6.07, 6.45) is 0. The number of hydrogen-bond donors (Lipinski definition) is 2. The summed E-state index contributed by atoms with van der Waals surface area (Å²) in [6, 6.07) is 12.3. The molecule has 3 rings (SSSR count). The Kier molecular flexibility index (Phi) is 4.03. The van der Waals surface area contributed by atoms with Crippen LogP contribution in [0.2, 0.25) is 5.02 Å². The zero-order chi connectivity index (χ0) is 17.4. The zero-order valence-electron chi connectivity index (χ0n) is 13.1. The van der Waals surface area contributed by atoms with Gasteiger partial charge in [0.1, 0.15) is 0 Å². The predicted molar refractivity (Wildman–Crippen MR) is 95.6 cm³/mol. The lowest BCUT2D eigenvalue weighted by Gasteiger charge is -2.17. The number of benzene rings is 2. The maximum Gasteiger partial charge on any atom is 0.355 e. The number of nitrogens with zero attached hydrogens (tertiary/aromatic N) is 1. The molecular weight excluding hydrogens is 328 g/mol. The number of carboxylic acids is 1. The quantitative estimate of drug-likeness (QED) is 0.764. The lowest BCUT2D eigenvalue weighted by molar-refractivity contribution is 0.0686. The highest BCUT2D eigenvalue weighted by Crippen LogP contribution is 2.32. The minimum Gasteiger partial charge on any atom is -0.476 e. The fourth-order valence-corrected chi connectivity index (χ4v) is 2.97. The van der Waals surface area contributed by atoms with Gasteiger partial charge >= 0.3 is 5.97 Å². The van der Waals surface area contributed by atoms with Crippen molar-refractivity contribution in [1.82, 2.24) is 4.68 Å². The molecule has 0 atom stereocenters. The Balaban J connectivity index is 2.57. The van der Waals surface area contributed by atoms with Crippen LogP contribution in [0.25, 0.3) is 21.9 Å². The van der Waals surface area contributed by atoms with Crippen LogP contribution in [0.5, 0.6) is 0 Å². The molecule has 5 nitrogen and oxygen atoms in total. The van der Waals surface area contributed by atoms with E-state index in [0.717, 1.165) is 10.2 Å². The smallest absolute Gasteiger partial charge is 0.355 e. The van der Waals surface area contributed by atoms with Crippen molar-refractivity contribution in [3.05, 3.63) is 69.1 Å². The van der Waals surface area contributed by atoms with Gasteiger partial charge in [0, 0.05) is 23.0 Å². The fraction of sp³-hybridized carbons (Fsp3) is 0.111. The maximum absolute atomic E-state index is 12.6. The average molecular weight is 343 g/mol. The van der Waals surface area contributed by atoms with Crippen molar-refractivity contribution < 1.29 is 9.90 Å². The van der Waals surface area contributed by atoms with Gasteiger partial charge in [0.05, 0.1) is 0 Å². The molecule has 0 bridgehead atoms. The monoisotopic (exact) mass is 342 g/mol. The Morgan fingerprint density at radius 2 is 1.79 bits per heavy atom. The molecule has 24 heavy (non-hydrogen) atoms. The van der Waals surface area contributed by atoms with E-state index in [2.05, 4.69) is 5.43 Å². The van der Waals surface area contributed by atoms with E-state index in [4.69, 9.17) is 11.6 Å². The zero-order valence-corrected chi connectivity index (χ0v) is 13.9. The van der Waals surface area contributed by atoms with Crippen molar-refractivity contribution in [2.24, 2.45) is 0 Å². The number of rotatable bonds is 3. The van der Waals surface area contributed by atoms with Gasteiger partial charge in [-0.25, -0.2) is 9.47 Å². The molecule has 0 amide bonds. The topological polar surface area (TPSA) is 71.3 Å². The van der Waals surface area contributed by atoms with Gasteiger partial charge in [-0.3, -0.25) is 4.79 Å². The van der Waals surface area contributed by atoms with Gasteiger partial charge in [-0.1, -0.05) is 41.4 Å². The van der Waals surface area contributed by atoms with Crippen molar-refractivity contribution in [1.29, 1.82) is 0 Å². The SMILES string of the molecule is CNn1c(C(=O)O)c(-c2ccc(C)cc2)c2cc(Cl)ccc2c1=O. The second-order valence-corrected chi connectivity index (χ2v) is 5.89. The summed E-state index contributed by atoms with van der Waals surface area (Å²) in [4.78, 5) is 24.5. The molecule has 0 saturated carbocycles. The van der Waals surface area contributed by atoms with Crippen molar-refractivity contribution >= 4 is 28.3 Å². The Morgan fingerprint density at radius 3 is 2.38 bits per heavy atom. The van der Waals surface area contributed by atoms with Crippen molar-refractivity contribution in [3.8, 4) is 11.1 Å². The molecule has 0 unspecified atom stereocenters. The minimum atomic E-state index is -1.20. The third-order valence-electron chi connectivity index (χ3n) is 3.91. The van der Waals surface area contributed by atoms with E-state index in [9.17, 15) is 14.7 Å². The Morgan fingerprint density at radius 1 is 1.12 bits per heavy atom. The van der Waals surface area contributed by atoms with Gasteiger partial charge in [0.2, 0.25) is 0 Å². The molecule has 1 heterocycles. The third kappa shape index (κ3) is 2.53. The van der Waals surface area contributed by atoms with Crippen LogP contribution >= 0.6 is 11.6 Å². The molecule has 0 aliphatic heterocycles. The highest BCUT2D eigenvalue weighted by atomic mass is 35.5. The van der Waals surface area contributed by atoms with Crippen molar-refractivity contribution in [3.63, 3.8) is 0 Å². The summed E-state index contributed by atoms with van der Waals surface area (Å²) in [5, 5.41) is 11.1. The van der Waals surface area contributed by atoms with Gasteiger partial charge < -0.3 is 10.5 Å². The van der Waals surface area contributed by atoms with Gasteiger partial charge in [-0.15, -0.1) is 0 Å². The number of aryl methyl sites for hydroxylation is 1. The number of pyridine rings is 1. The van der Waals surface area contributed by atoms with Gasteiger partial charge in [0.25, 0.3) is 5.56 Å². The first-order chi connectivity index (χ1) is 11.4. The molecule has 0 spiro atoms. The molecule has 0 aliphatic rings. The van der Waals surface area contributed by atoms with Crippen LogP contribution in [0, 0.1) is 6.92 Å². The molecule has 2 aromatic carbocycles. The number of halogens is 1. The largest absolute Gasteiger partial charge is 0.476 e. The fourth-order valence-electron chi connectivity index (χ4n) is 2.80. The van der Waals surface area contributed by atoms with E-state index in [1.807, 2.05) is 31.2 Å². The van der Waals surface area contributed by atoms with E-state index in [1.165, 1.54) is 7.05 Å². The summed E-state index contributed by atoms with van der Waals surface area (Å²) >= 11 is 6.09. The molecule has 0 fully saturated rings. The number of carboxylic acid groups (broad SMARTS) is 1. The van der Waals surface area contributed by atoms with Crippen LogP contribution in [0.4, 0.5) is 0 Å². The predicted octanol–water partition coefficient (Wildman–Crippen LogP) is 3.50. The van der Waals surface area contributed by atoms with Crippen LogP contribution in [-0.2, 0) is 0 Å². The molecule has 0 aliphatic carbocycles. The van der Waals surface area contributed by atoms with E-state index in [1.54, 1.807) is 18.2 Å². The standard InChI is InChI=1S/C18H15ClN2O3/c1-10-3-5-11(6-4-10)15-14-9-12(19)7-8-13(14)17(22)21(20-2)16(15)18(23)24/h3-9,20H,1-2H3,(H,23,24). The van der Waals surface area contributed by atoms with Crippen molar-refractivity contribution in [2.45, 2.75) is 6.92 Å². The first kappa shape index (κ1) is 16.1. The highest BCUT2D eigenvalue weighted by Gasteiger charge is 2.22. The molecule has 0 radical (unpaired) electrons. The minimum absolute atomic E-state index is 0.124. The van der Waals surface area contributed by atoms with Gasteiger partial charge in [-0.2, -0.15) is 0 Å². The normalized spacial score (nSPS) is 10.8. The second-order valence-electron chi connectivity index (χ2n) is 5.45.